The fraction of sp³-hybridized carbons (Fsp3) is 0.474. The van der Waals surface area contributed by atoms with Gasteiger partial charge < -0.3 is 19.7 Å². The van der Waals surface area contributed by atoms with Gasteiger partial charge in [0, 0.05) is 30.7 Å². The molecule has 0 saturated heterocycles. The zero-order chi connectivity index (χ0) is 17.2. The zero-order valence-corrected chi connectivity index (χ0v) is 14.0. The number of hydrogen-bond acceptors (Lipinski definition) is 5. The van der Waals surface area contributed by atoms with E-state index in [1.165, 1.54) is 0 Å². The average molecular weight is 342 g/mol. The SMILES string of the molecule is O=C(NC1CCC(CO)CC1)c1cc(-c2ccc3c(c2)CCO3)no1. The summed E-state index contributed by atoms with van der Waals surface area (Å²) in [4.78, 5) is 12.4. The second kappa shape index (κ2) is 6.88. The van der Waals surface area contributed by atoms with Gasteiger partial charge in [-0.15, -0.1) is 0 Å². The minimum Gasteiger partial charge on any atom is -0.493 e. The molecular formula is C19H22N2O4. The Hall–Kier alpha value is -2.34. The quantitative estimate of drug-likeness (QED) is 0.892. The number of ether oxygens (including phenoxy) is 1. The molecule has 25 heavy (non-hydrogen) atoms. The van der Waals surface area contributed by atoms with Crippen molar-refractivity contribution >= 4 is 5.91 Å². The number of benzene rings is 1. The number of fused-ring (bicyclic) bond motifs is 1. The van der Waals surface area contributed by atoms with Crippen molar-refractivity contribution in [2.24, 2.45) is 5.92 Å². The normalized spacial score (nSPS) is 22.3. The molecule has 1 aromatic carbocycles. The molecule has 2 aromatic rings. The summed E-state index contributed by atoms with van der Waals surface area (Å²) in [5.74, 6) is 1.30. The van der Waals surface area contributed by atoms with Crippen LogP contribution in [0.4, 0.5) is 0 Å². The fourth-order valence-electron chi connectivity index (χ4n) is 3.61. The van der Waals surface area contributed by atoms with Gasteiger partial charge in [-0.2, -0.15) is 0 Å². The van der Waals surface area contributed by atoms with Gasteiger partial charge in [0.05, 0.1) is 6.61 Å². The third-order valence-corrected chi connectivity index (χ3v) is 5.16. The lowest BCUT2D eigenvalue weighted by Gasteiger charge is -2.27. The first kappa shape index (κ1) is 16.1. The summed E-state index contributed by atoms with van der Waals surface area (Å²) < 4.78 is 10.8. The van der Waals surface area contributed by atoms with Gasteiger partial charge in [0.25, 0.3) is 5.91 Å². The van der Waals surface area contributed by atoms with Crippen LogP contribution in [0.15, 0.2) is 28.8 Å². The first-order valence-corrected chi connectivity index (χ1v) is 8.87. The Bertz CT molecular complexity index is 763. The lowest BCUT2D eigenvalue weighted by molar-refractivity contribution is 0.0877. The Morgan fingerprint density at radius 3 is 2.88 bits per heavy atom. The molecular weight excluding hydrogens is 320 g/mol. The van der Waals surface area contributed by atoms with Gasteiger partial charge in [0.2, 0.25) is 5.76 Å². The number of hydrogen-bond donors (Lipinski definition) is 2. The Morgan fingerprint density at radius 2 is 2.08 bits per heavy atom. The first-order valence-electron chi connectivity index (χ1n) is 8.87. The van der Waals surface area contributed by atoms with Gasteiger partial charge in [0.15, 0.2) is 0 Å². The molecule has 1 aliphatic heterocycles. The number of amides is 1. The molecule has 0 unspecified atom stereocenters. The zero-order valence-electron chi connectivity index (χ0n) is 14.0. The van der Waals surface area contributed by atoms with Crippen LogP contribution in [0.5, 0.6) is 5.75 Å². The maximum atomic E-state index is 12.4. The standard InChI is InChI=1S/C19H22N2O4/c22-11-12-1-4-15(5-2-12)20-19(23)18-10-16(21-25-18)13-3-6-17-14(9-13)7-8-24-17/h3,6,9-10,12,15,22H,1-2,4-5,7-8,11H2,(H,20,23). The van der Waals surface area contributed by atoms with Crippen molar-refractivity contribution in [2.75, 3.05) is 13.2 Å². The van der Waals surface area contributed by atoms with Crippen LogP contribution in [0.2, 0.25) is 0 Å². The maximum Gasteiger partial charge on any atom is 0.290 e. The summed E-state index contributed by atoms with van der Waals surface area (Å²) in [5, 5.41) is 16.2. The second-order valence-corrected chi connectivity index (χ2v) is 6.87. The van der Waals surface area contributed by atoms with E-state index in [2.05, 4.69) is 10.5 Å². The number of nitrogens with one attached hydrogen (secondary N) is 1. The van der Waals surface area contributed by atoms with E-state index in [4.69, 9.17) is 9.26 Å². The Balaban J connectivity index is 1.41. The van der Waals surface area contributed by atoms with Crippen LogP contribution in [0, 0.1) is 5.92 Å². The highest BCUT2D eigenvalue weighted by atomic mass is 16.5. The highest BCUT2D eigenvalue weighted by molar-refractivity contribution is 5.92. The average Bonchev–Trinajstić information content (AvgIpc) is 3.31. The van der Waals surface area contributed by atoms with E-state index in [0.29, 0.717) is 18.2 Å². The Labute approximate surface area is 146 Å². The van der Waals surface area contributed by atoms with E-state index in [9.17, 15) is 9.90 Å². The molecule has 1 saturated carbocycles. The molecule has 1 amide bonds. The number of nitrogens with zero attached hydrogens (tertiary/aromatic N) is 1. The molecule has 0 atom stereocenters. The van der Waals surface area contributed by atoms with Gasteiger partial charge in [0.1, 0.15) is 11.4 Å². The molecule has 6 nitrogen and oxygen atoms in total. The van der Waals surface area contributed by atoms with Crippen molar-refractivity contribution in [3.63, 3.8) is 0 Å². The number of carbonyl (C=O) groups is 1. The first-order chi connectivity index (χ1) is 12.2. The van der Waals surface area contributed by atoms with Crippen LogP contribution in [-0.4, -0.2) is 35.4 Å². The van der Waals surface area contributed by atoms with Crippen molar-refractivity contribution in [1.29, 1.82) is 0 Å². The van der Waals surface area contributed by atoms with Gasteiger partial charge in [-0.25, -0.2) is 0 Å². The van der Waals surface area contributed by atoms with Crippen LogP contribution in [0.3, 0.4) is 0 Å². The van der Waals surface area contributed by atoms with E-state index in [1.54, 1.807) is 6.07 Å². The van der Waals surface area contributed by atoms with Gasteiger partial charge in [-0.05, 0) is 55.4 Å². The van der Waals surface area contributed by atoms with E-state index >= 15 is 0 Å². The predicted octanol–water partition coefficient (Wildman–Crippen LogP) is 2.56. The lowest BCUT2D eigenvalue weighted by atomic mass is 9.86. The summed E-state index contributed by atoms with van der Waals surface area (Å²) >= 11 is 0. The van der Waals surface area contributed by atoms with Crippen molar-refractivity contribution in [2.45, 2.75) is 38.1 Å². The van der Waals surface area contributed by atoms with Crippen molar-refractivity contribution in [3.05, 3.63) is 35.6 Å². The molecule has 0 spiro atoms. The summed E-state index contributed by atoms with van der Waals surface area (Å²) in [6.45, 7) is 0.946. The van der Waals surface area contributed by atoms with Gasteiger partial charge in [-0.3, -0.25) is 4.79 Å². The predicted molar refractivity (Wildman–Crippen MR) is 91.4 cm³/mol. The summed E-state index contributed by atoms with van der Waals surface area (Å²) in [6.07, 6.45) is 4.57. The summed E-state index contributed by atoms with van der Waals surface area (Å²) in [7, 11) is 0. The molecule has 1 fully saturated rings. The summed E-state index contributed by atoms with van der Waals surface area (Å²) in [5.41, 5.74) is 2.74. The smallest absolute Gasteiger partial charge is 0.290 e. The maximum absolute atomic E-state index is 12.4. The second-order valence-electron chi connectivity index (χ2n) is 6.87. The Morgan fingerprint density at radius 1 is 1.24 bits per heavy atom. The number of rotatable bonds is 4. The fourth-order valence-corrected chi connectivity index (χ4v) is 3.61. The molecule has 2 N–H and O–H groups in total. The van der Waals surface area contributed by atoms with Gasteiger partial charge in [-0.1, -0.05) is 5.16 Å². The number of aliphatic hydroxyl groups excluding tert-OH is 1. The molecule has 1 aromatic heterocycles. The molecule has 1 aliphatic carbocycles. The third kappa shape index (κ3) is 3.39. The van der Waals surface area contributed by atoms with E-state index in [0.717, 1.165) is 49.0 Å². The van der Waals surface area contributed by atoms with Crippen molar-refractivity contribution in [3.8, 4) is 17.0 Å². The van der Waals surface area contributed by atoms with Crippen LogP contribution in [-0.2, 0) is 6.42 Å². The molecule has 4 rings (SSSR count). The molecule has 0 radical (unpaired) electrons. The van der Waals surface area contributed by atoms with Gasteiger partial charge >= 0.3 is 0 Å². The largest absolute Gasteiger partial charge is 0.493 e. The summed E-state index contributed by atoms with van der Waals surface area (Å²) in [6, 6.07) is 7.73. The van der Waals surface area contributed by atoms with Crippen molar-refractivity contribution < 1.29 is 19.2 Å². The van der Waals surface area contributed by atoms with Crippen LogP contribution < -0.4 is 10.1 Å². The van der Waals surface area contributed by atoms with Crippen LogP contribution >= 0.6 is 0 Å². The monoisotopic (exact) mass is 342 g/mol. The lowest BCUT2D eigenvalue weighted by Crippen LogP contribution is -2.37. The molecule has 2 heterocycles. The third-order valence-electron chi connectivity index (χ3n) is 5.16. The van der Waals surface area contributed by atoms with Crippen LogP contribution in [0.1, 0.15) is 41.8 Å². The number of aromatic nitrogens is 1. The van der Waals surface area contributed by atoms with E-state index in [1.807, 2.05) is 18.2 Å². The highest BCUT2D eigenvalue weighted by Crippen LogP contribution is 2.30. The minimum atomic E-state index is -0.226. The molecule has 2 aliphatic rings. The molecule has 132 valence electrons. The molecule has 6 heteroatoms. The van der Waals surface area contributed by atoms with Crippen LogP contribution in [0.25, 0.3) is 11.3 Å². The Kier molecular flexibility index (Phi) is 4.44. The highest BCUT2D eigenvalue weighted by Gasteiger charge is 2.24. The number of carbonyl (C=O) groups excluding carboxylic acids is 1. The van der Waals surface area contributed by atoms with E-state index in [-0.39, 0.29) is 24.3 Å². The van der Waals surface area contributed by atoms with Crippen molar-refractivity contribution in [1.82, 2.24) is 10.5 Å². The molecule has 0 bridgehead atoms. The topological polar surface area (TPSA) is 84.6 Å². The minimum absolute atomic E-state index is 0.140. The van der Waals surface area contributed by atoms with E-state index < -0.39 is 0 Å². The number of aliphatic hydroxyl groups is 1.